The first kappa shape index (κ1) is 16.2. The van der Waals surface area contributed by atoms with Crippen molar-refractivity contribution in [1.82, 2.24) is 10.6 Å². The average Bonchev–Trinajstić information content (AvgIpc) is 2.44. The van der Waals surface area contributed by atoms with Gasteiger partial charge in [0.2, 0.25) is 5.91 Å². The van der Waals surface area contributed by atoms with E-state index >= 15 is 0 Å². The fourth-order valence-corrected chi connectivity index (χ4v) is 1.30. The van der Waals surface area contributed by atoms with E-state index in [1.54, 1.807) is 24.3 Å². The quantitative estimate of drug-likeness (QED) is 0.532. The van der Waals surface area contributed by atoms with Crippen LogP contribution in [0.25, 0.3) is 0 Å². The molecule has 112 valence electrons. The predicted molar refractivity (Wildman–Crippen MR) is 73.5 cm³/mol. The summed E-state index contributed by atoms with van der Waals surface area (Å²) in [5.74, 6) is -3.80. The topological polar surface area (TPSA) is 125 Å². The molecule has 0 atom stereocenters. The summed E-state index contributed by atoms with van der Waals surface area (Å²) in [6.07, 6.45) is 0. The van der Waals surface area contributed by atoms with Crippen LogP contribution in [0.15, 0.2) is 24.3 Å². The van der Waals surface area contributed by atoms with Crippen molar-refractivity contribution in [2.45, 2.75) is 6.92 Å². The SMILES string of the molecule is Cc1ccc(NC(=O)C(=O)NCC(=O)NCC(=O)O)cc1. The van der Waals surface area contributed by atoms with E-state index in [0.717, 1.165) is 5.56 Å². The molecule has 0 bridgehead atoms. The van der Waals surface area contributed by atoms with Gasteiger partial charge in [0.05, 0.1) is 6.54 Å². The molecule has 21 heavy (non-hydrogen) atoms. The molecule has 3 amide bonds. The molecule has 0 radical (unpaired) electrons. The van der Waals surface area contributed by atoms with Crippen LogP contribution in [0, 0.1) is 6.92 Å². The number of carbonyl (C=O) groups is 4. The van der Waals surface area contributed by atoms with Crippen LogP contribution >= 0.6 is 0 Å². The summed E-state index contributed by atoms with van der Waals surface area (Å²) in [4.78, 5) is 44.3. The Labute approximate surface area is 120 Å². The molecule has 0 aliphatic heterocycles. The summed E-state index contributed by atoms with van der Waals surface area (Å²) < 4.78 is 0. The lowest BCUT2D eigenvalue weighted by molar-refractivity contribution is -0.138. The number of aliphatic carboxylic acids is 1. The maximum absolute atomic E-state index is 11.5. The maximum Gasteiger partial charge on any atom is 0.322 e. The first-order chi connectivity index (χ1) is 9.88. The lowest BCUT2D eigenvalue weighted by Crippen LogP contribution is -2.42. The number of rotatable bonds is 5. The van der Waals surface area contributed by atoms with Crippen LogP contribution in [0.4, 0.5) is 5.69 Å². The Morgan fingerprint density at radius 2 is 1.57 bits per heavy atom. The molecule has 1 rings (SSSR count). The van der Waals surface area contributed by atoms with Crippen LogP contribution in [0.2, 0.25) is 0 Å². The summed E-state index contributed by atoms with van der Waals surface area (Å²) in [7, 11) is 0. The Bertz CT molecular complexity index is 553. The molecule has 0 aromatic heterocycles. The Hall–Kier alpha value is -2.90. The lowest BCUT2D eigenvalue weighted by Gasteiger charge is -2.06. The molecule has 1 aromatic carbocycles. The van der Waals surface area contributed by atoms with Gasteiger partial charge in [-0.1, -0.05) is 17.7 Å². The van der Waals surface area contributed by atoms with Gasteiger partial charge in [0.1, 0.15) is 6.54 Å². The number of anilines is 1. The van der Waals surface area contributed by atoms with E-state index in [4.69, 9.17) is 5.11 Å². The summed E-state index contributed by atoms with van der Waals surface area (Å²) >= 11 is 0. The number of carboxylic acid groups (broad SMARTS) is 1. The maximum atomic E-state index is 11.5. The van der Waals surface area contributed by atoms with Gasteiger partial charge in [-0.25, -0.2) is 0 Å². The van der Waals surface area contributed by atoms with E-state index in [-0.39, 0.29) is 0 Å². The van der Waals surface area contributed by atoms with Gasteiger partial charge in [-0.2, -0.15) is 0 Å². The Balaban J connectivity index is 2.37. The number of benzene rings is 1. The normalized spacial score (nSPS) is 9.57. The first-order valence-corrected chi connectivity index (χ1v) is 6.03. The molecule has 1 aromatic rings. The third-order valence-corrected chi connectivity index (χ3v) is 2.36. The van der Waals surface area contributed by atoms with Crippen LogP contribution in [0.1, 0.15) is 5.56 Å². The molecule has 0 spiro atoms. The number of carbonyl (C=O) groups excluding carboxylic acids is 3. The summed E-state index contributed by atoms with van der Waals surface area (Å²) in [6.45, 7) is 0.853. The smallest absolute Gasteiger partial charge is 0.322 e. The van der Waals surface area contributed by atoms with Crippen molar-refractivity contribution in [3.05, 3.63) is 29.8 Å². The monoisotopic (exact) mass is 293 g/mol. The number of hydrogen-bond acceptors (Lipinski definition) is 4. The third-order valence-electron chi connectivity index (χ3n) is 2.36. The van der Waals surface area contributed by atoms with Crippen molar-refractivity contribution in [2.75, 3.05) is 18.4 Å². The number of amides is 3. The number of aryl methyl sites for hydroxylation is 1. The van der Waals surface area contributed by atoms with Crippen LogP contribution in [0.5, 0.6) is 0 Å². The minimum Gasteiger partial charge on any atom is -0.480 e. The minimum absolute atomic E-state index is 0.455. The minimum atomic E-state index is -1.20. The van der Waals surface area contributed by atoms with Crippen molar-refractivity contribution in [1.29, 1.82) is 0 Å². The van der Waals surface area contributed by atoms with Crippen LogP contribution < -0.4 is 16.0 Å². The Morgan fingerprint density at radius 3 is 2.14 bits per heavy atom. The van der Waals surface area contributed by atoms with E-state index < -0.39 is 36.8 Å². The van der Waals surface area contributed by atoms with E-state index in [1.165, 1.54) is 0 Å². The van der Waals surface area contributed by atoms with Gasteiger partial charge in [0.15, 0.2) is 0 Å². The molecular weight excluding hydrogens is 278 g/mol. The van der Waals surface area contributed by atoms with Crippen molar-refractivity contribution in [2.24, 2.45) is 0 Å². The summed E-state index contributed by atoms with van der Waals surface area (Å²) in [5, 5.41) is 14.8. The summed E-state index contributed by atoms with van der Waals surface area (Å²) in [6, 6.07) is 6.82. The van der Waals surface area contributed by atoms with E-state index in [0.29, 0.717) is 5.69 Å². The first-order valence-electron chi connectivity index (χ1n) is 6.03. The highest BCUT2D eigenvalue weighted by molar-refractivity contribution is 6.39. The van der Waals surface area contributed by atoms with E-state index in [1.807, 2.05) is 12.2 Å². The van der Waals surface area contributed by atoms with Gasteiger partial charge in [-0.15, -0.1) is 0 Å². The van der Waals surface area contributed by atoms with Crippen LogP contribution in [-0.2, 0) is 19.2 Å². The molecule has 0 saturated heterocycles. The average molecular weight is 293 g/mol. The zero-order chi connectivity index (χ0) is 15.8. The molecule has 0 aliphatic rings. The zero-order valence-electron chi connectivity index (χ0n) is 11.3. The molecule has 0 saturated carbocycles. The van der Waals surface area contributed by atoms with Gasteiger partial charge in [-0.3, -0.25) is 19.2 Å². The van der Waals surface area contributed by atoms with Gasteiger partial charge < -0.3 is 21.1 Å². The second-order valence-corrected chi connectivity index (χ2v) is 4.17. The van der Waals surface area contributed by atoms with Crippen LogP contribution in [-0.4, -0.2) is 41.9 Å². The highest BCUT2D eigenvalue weighted by Crippen LogP contribution is 2.07. The van der Waals surface area contributed by atoms with E-state index in [9.17, 15) is 19.2 Å². The third kappa shape index (κ3) is 6.19. The molecule has 0 fully saturated rings. The van der Waals surface area contributed by atoms with Gasteiger partial charge >= 0.3 is 17.8 Å². The second kappa shape index (κ2) is 7.63. The zero-order valence-corrected chi connectivity index (χ0v) is 11.3. The number of hydrogen-bond donors (Lipinski definition) is 4. The highest BCUT2D eigenvalue weighted by atomic mass is 16.4. The van der Waals surface area contributed by atoms with Crippen molar-refractivity contribution in [3.8, 4) is 0 Å². The fourth-order valence-electron chi connectivity index (χ4n) is 1.30. The summed E-state index contributed by atoms with van der Waals surface area (Å²) in [5.41, 5.74) is 1.46. The predicted octanol–water partition coefficient (Wildman–Crippen LogP) is -0.749. The molecule has 4 N–H and O–H groups in total. The molecule has 0 aliphatic carbocycles. The van der Waals surface area contributed by atoms with Crippen molar-refractivity contribution in [3.63, 3.8) is 0 Å². The Kier molecular flexibility index (Phi) is 5.87. The van der Waals surface area contributed by atoms with Crippen molar-refractivity contribution < 1.29 is 24.3 Å². The second-order valence-electron chi connectivity index (χ2n) is 4.17. The van der Waals surface area contributed by atoms with Crippen molar-refractivity contribution >= 4 is 29.4 Å². The number of nitrogens with one attached hydrogen (secondary N) is 3. The van der Waals surface area contributed by atoms with Crippen LogP contribution in [0.3, 0.4) is 0 Å². The van der Waals surface area contributed by atoms with E-state index in [2.05, 4.69) is 10.6 Å². The standard InChI is InChI=1S/C13H15N3O5/c1-8-2-4-9(5-3-8)16-13(21)12(20)15-6-10(17)14-7-11(18)19/h2-5H,6-7H2,1H3,(H,14,17)(H,15,20)(H,16,21)(H,18,19). The lowest BCUT2D eigenvalue weighted by atomic mass is 10.2. The molecule has 8 nitrogen and oxygen atoms in total. The largest absolute Gasteiger partial charge is 0.480 e. The molecule has 8 heteroatoms. The molecular formula is C13H15N3O5. The fraction of sp³-hybridized carbons (Fsp3) is 0.231. The molecule has 0 unspecified atom stereocenters. The number of carboxylic acids is 1. The highest BCUT2D eigenvalue weighted by Gasteiger charge is 2.14. The Morgan fingerprint density at radius 1 is 0.952 bits per heavy atom. The van der Waals surface area contributed by atoms with Gasteiger partial charge in [0, 0.05) is 5.69 Å². The molecule has 0 heterocycles. The van der Waals surface area contributed by atoms with Gasteiger partial charge in [-0.05, 0) is 19.1 Å². The van der Waals surface area contributed by atoms with Gasteiger partial charge in [0.25, 0.3) is 0 Å².